The Morgan fingerprint density at radius 1 is 1.27 bits per heavy atom. The van der Waals surface area contributed by atoms with Crippen molar-refractivity contribution in [2.45, 2.75) is 33.1 Å². The third-order valence-corrected chi connectivity index (χ3v) is 2.02. The van der Waals surface area contributed by atoms with Crippen LogP contribution in [0.1, 0.15) is 33.1 Å². The van der Waals surface area contributed by atoms with Gasteiger partial charge >= 0.3 is 6.16 Å². The van der Waals surface area contributed by atoms with Crippen LogP contribution in [0.3, 0.4) is 0 Å². The minimum absolute atomic E-state index is 0.420. The zero-order valence-corrected chi connectivity index (χ0v) is 10.0. The maximum Gasteiger partial charge on any atom is 0.507 e. The summed E-state index contributed by atoms with van der Waals surface area (Å²) in [5.74, 6) is 0.773. The summed E-state index contributed by atoms with van der Waals surface area (Å²) in [5, 5.41) is 3.30. The first kappa shape index (κ1) is 14.2. The molecule has 0 saturated carbocycles. The fourth-order valence-electron chi connectivity index (χ4n) is 1.17. The summed E-state index contributed by atoms with van der Waals surface area (Å²) >= 11 is 0. The van der Waals surface area contributed by atoms with Gasteiger partial charge in [0.25, 0.3) is 0 Å². The second-order valence-electron chi connectivity index (χ2n) is 3.94. The molecule has 0 aromatic heterocycles. The maximum atomic E-state index is 10.6. The summed E-state index contributed by atoms with van der Waals surface area (Å²) in [6, 6.07) is 0. The Morgan fingerprint density at radius 3 is 2.53 bits per heavy atom. The first-order valence-electron chi connectivity index (χ1n) is 5.58. The van der Waals surface area contributed by atoms with Crippen molar-refractivity contribution in [1.29, 1.82) is 0 Å². The van der Waals surface area contributed by atoms with Crippen molar-refractivity contribution < 1.29 is 14.3 Å². The number of nitrogens with one attached hydrogen (secondary N) is 1. The monoisotopic (exact) mass is 217 g/mol. The lowest BCUT2D eigenvalue weighted by atomic mass is 10.1. The Morgan fingerprint density at radius 2 is 1.93 bits per heavy atom. The highest BCUT2D eigenvalue weighted by Gasteiger charge is 1.98. The van der Waals surface area contributed by atoms with Crippen LogP contribution in [0.2, 0.25) is 0 Å². The molecule has 4 heteroatoms. The quantitative estimate of drug-likeness (QED) is 0.500. The van der Waals surface area contributed by atoms with Crippen LogP contribution < -0.4 is 5.32 Å². The summed E-state index contributed by atoms with van der Waals surface area (Å²) in [6.45, 7) is 6.80. The molecular weight excluding hydrogens is 194 g/mol. The second-order valence-corrected chi connectivity index (χ2v) is 3.94. The third-order valence-electron chi connectivity index (χ3n) is 2.02. The average Bonchev–Trinajstić information content (AvgIpc) is 2.21. The second kappa shape index (κ2) is 9.77. The van der Waals surface area contributed by atoms with Crippen molar-refractivity contribution in [3.05, 3.63) is 0 Å². The molecule has 0 aromatic carbocycles. The van der Waals surface area contributed by atoms with E-state index >= 15 is 0 Å². The van der Waals surface area contributed by atoms with Crippen molar-refractivity contribution in [3.63, 3.8) is 0 Å². The van der Waals surface area contributed by atoms with E-state index < -0.39 is 6.16 Å². The topological polar surface area (TPSA) is 47.6 Å². The molecule has 0 aliphatic heterocycles. The smallest absolute Gasteiger partial charge is 0.438 e. The van der Waals surface area contributed by atoms with Gasteiger partial charge in [-0.1, -0.05) is 13.8 Å². The molecule has 15 heavy (non-hydrogen) atoms. The number of hydrogen-bond donors (Lipinski definition) is 1. The average molecular weight is 217 g/mol. The molecule has 0 saturated heterocycles. The number of carbonyl (C=O) groups is 1. The number of rotatable bonds is 8. The Bertz CT molecular complexity index is 160. The number of ether oxygens (including phenoxy) is 2. The molecule has 0 aliphatic carbocycles. The molecule has 0 bridgehead atoms. The molecule has 0 fully saturated rings. The lowest BCUT2D eigenvalue weighted by Gasteiger charge is -2.06. The molecule has 0 aromatic rings. The van der Waals surface area contributed by atoms with Crippen LogP contribution in [-0.2, 0) is 9.47 Å². The first-order chi connectivity index (χ1) is 7.16. The zero-order valence-electron chi connectivity index (χ0n) is 10.0. The number of hydrogen-bond acceptors (Lipinski definition) is 4. The molecule has 0 aliphatic rings. The van der Waals surface area contributed by atoms with E-state index in [1.54, 1.807) is 0 Å². The molecule has 0 heterocycles. The molecular formula is C11H23NO3. The van der Waals surface area contributed by atoms with Crippen LogP contribution in [0, 0.1) is 5.92 Å². The van der Waals surface area contributed by atoms with Gasteiger partial charge in [-0.25, -0.2) is 4.79 Å². The van der Waals surface area contributed by atoms with Crippen LogP contribution in [0.4, 0.5) is 4.79 Å². The van der Waals surface area contributed by atoms with Gasteiger partial charge in [0.1, 0.15) is 0 Å². The number of methoxy groups -OCH3 is 1. The van der Waals surface area contributed by atoms with Crippen LogP contribution in [-0.4, -0.2) is 33.0 Å². The Kier molecular flexibility index (Phi) is 9.27. The summed E-state index contributed by atoms with van der Waals surface area (Å²) in [4.78, 5) is 10.6. The van der Waals surface area contributed by atoms with Gasteiger partial charge in [-0.3, -0.25) is 0 Å². The Balaban J connectivity index is 3.02. The molecule has 0 spiro atoms. The maximum absolute atomic E-state index is 10.6. The molecule has 90 valence electrons. The molecule has 0 rings (SSSR count). The van der Waals surface area contributed by atoms with Crippen molar-refractivity contribution in [3.8, 4) is 0 Å². The Labute approximate surface area is 92.3 Å². The minimum atomic E-state index is -0.602. The minimum Gasteiger partial charge on any atom is -0.438 e. The zero-order chi connectivity index (χ0) is 11.5. The van der Waals surface area contributed by atoms with E-state index in [2.05, 4.69) is 23.9 Å². The SMILES string of the molecule is COC(=O)OCCCNCCCC(C)C. The standard InChI is InChI=1S/C11H23NO3/c1-10(2)6-4-7-12-8-5-9-15-11(13)14-3/h10,12H,4-9H2,1-3H3. The van der Waals surface area contributed by atoms with E-state index in [1.807, 2.05) is 0 Å². The summed E-state index contributed by atoms with van der Waals surface area (Å²) in [7, 11) is 1.31. The van der Waals surface area contributed by atoms with Gasteiger partial charge in [0.2, 0.25) is 0 Å². The predicted molar refractivity (Wildman–Crippen MR) is 59.9 cm³/mol. The summed E-state index contributed by atoms with van der Waals surface area (Å²) < 4.78 is 9.07. The van der Waals surface area contributed by atoms with Gasteiger partial charge in [-0.2, -0.15) is 0 Å². The van der Waals surface area contributed by atoms with Crippen LogP contribution in [0.5, 0.6) is 0 Å². The molecule has 0 amide bonds. The lowest BCUT2D eigenvalue weighted by Crippen LogP contribution is -2.19. The van der Waals surface area contributed by atoms with Gasteiger partial charge in [0.15, 0.2) is 0 Å². The normalized spacial score (nSPS) is 10.4. The molecule has 4 nitrogen and oxygen atoms in total. The highest BCUT2D eigenvalue weighted by atomic mass is 16.7. The van der Waals surface area contributed by atoms with E-state index in [0.717, 1.165) is 25.4 Å². The van der Waals surface area contributed by atoms with Crippen molar-refractivity contribution in [2.24, 2.45) is 5.92 Å². The van der Waals surface area contributed by atoms with E-state index in [-0.39, 0.29) is 0 Å². The summed E-state index contributed by atoms with van der Waals surface area (Å²) in [6.07, 6.45) is 2.69. The third kappa shape index (κ3) is 11.2. The molecule has 0 unspecified atom stereocenters. The molecule has 1 N–H and O–H groups in total. The van der Waals surface area contributed by atoms with Crippen LogP contribution in [0.25, 0.3) is 0 Å². The fourth-order valence-corrected chi connectivity index (χ4v) is 1.17. The lowest BCUT2D eigenvalue weighted by molar-refractivity contribution is 0.0719. The van der Waals surface area contributed by atoms with Crippen LogP contribution in [0.15, 0.2) is 0 Å². The van der Waals surface area contributed by atoms with Gasteiger partial charge < -0.3 is 14.8 Å². The van der Waals surface area contributed by atoms with Gasteiger partial charge in [0.05, 0.1) is 13.7 Å². The van der Waals surface area contributed by atoms with Crippen LogP contribution >= 0.6 is 0 Å². The highest BCUT2D eigenvalue weighted by molar-refractivity contribution is 5.59. The van der Waals surface area contributed by atoms with Gasteiger partial charge in [0, 0.05) is 0 Å². The number of carbonyl (C=O) groups excluding carboxylic acids is 1. The van der Waals surface area contributed by atoms with Crippen molar-refractivity contribution in [1.82, 2.24) is 5.32 Å². The van der Waals surface area contributed by atoms with E-state index in [4.69, 9.17) is 4.74 Å². The van der Waals surface area contributed by atoms with Crippen molar-refractivity contribution in [2.75, 3.05) is 26.8 Å². The van der Waals surface area contributed by atoms with Crippen molar-refractivity contribution >= 4 is 6.16 Å². The molecule has 0 radical (unpaired) electrons. The predicted octanol–water partition coefficient (Wildman–Crippen LogP) is 2.19. The molecule has 0 atom stereocenters. The Hall–Kier alpha value is -0.770. The highest BCUT2D eigenvalue weighted by Crippen LogP contribution is 2.01. The largest absolute Gasteiger partial charge is 0.507 e. The van der Waals surface area contributed by atoms with E-state index in [9.17, 15) is 4.79 Å². The van der Waals surface area contributed by atoms with Gasteiger partial charge in [-0.05, 0) is 38.3 Å². The van der Waals surface area contributed by atoms with E-state index in [1.165, 1.54) is 20.0 Å². The fraction of sp³-hybridized carbons (Fsp3) is 0.909. The first-order valence-corrected chi connectivity index (χ1v) is 5.58. The van der Waals surface area contributed by atoms with Gasteiger partial charge in [-0.15, -0.1) is 0 Å². The van der Waals surface area contributed by atoms with E-state index in [0.29, 0.717) is 6.61 Å². The summed E-state index contributed by atoms with van der Waals surface area (Å²) in [5.41, 5.74) is 0.